The molecule has 1 aliphatic rings. The minimum Gasteiger partial charge on any atom is -0.362 e. The van der Waals surface area contributed by atoms with Crippen LogP contribution in [0.3, 0.4) is 0 Å². The molecule has 0 radical (unpaired) electrons. The summed E-state index contributed by atoms with van der Waals surface area (Å²) in [4.78, 5) is 18.6. The molecule has 3 heterocycles. The van der Waals surface area contributed by atoms with Crippen molar-refractivity contribution in [3.05, 3.63) is 35.0 Å². The van der Waals surface area contributed by atoms with E-state index in [1.807, 2.05) is 29.7 Å². The number of hydrogen-bond acceptors (Lipinski definition) is 5. The summed E-state index contributed by atoms with van der Waals surface area (Å²) >= 11 is 1.85. The van der Waals surface area contributed by atoms with Crippen molar-refractivity contribution in [1.82, 2.24) is 15.0 Å². The topological polar surface area (TPSA) is 41.9 Å². The van der Waals surface area contributed by atoms with Gasteiger partial charge in [0.15, 0.2) is 5.82 Å². The Morgan fingerprint density at radius 3 is 2.87 bits per heavy atom. The summed E-state index contributed by atoms with van der Waals surface area (Å²) < 4.78 is 0. The molecular weight excluding hydrogens is 304 g/mol. The van der Waals surface area contributed by atoms with Crippen LogP contribution in [0.5, 0.6) is 0 Å². The zero-order valence-corrected chi connectivity index (χ0v) is 14.5. The molecule has 4 nitrogen and oxygen atoms in total. The molecule has 3 aromatic heterocycles. The molecule has 0 amide bonds. The molecule has 5 heteroatoms. The van der Waals surface area contributed by atoms with Gasteiger partial charge in [0.05, 0.1) is 5.39 Å². The Bertz CT molecular complexity index is 854. The van der Waals surface area contributed by atoms with Gasteiger partial charge in [-0.3, -0.25) is 4.98 Å². The minimum absolute atomic E-state index is 0.765. The summed E-state index contributed by atoms with van der Waals surface area (Å²) in [7, 11) is 4.12. The van der Waals surface area contributed by atoms with Crippen LogP contribution in [-0.4, -0.2) is 29.0 Å². The third-order valence-electron chi connectivity index (χ3n) is 4.48. The standard InChI is InChI=1S/C18H20N4S/c1-11-6-7-13-14(9-11)23-18-15(13)17(22(2)3)20-16(21-18)12-5-4-8-19-10-12/h4-5,8,10-11H,6-7,9H2,1-3H3/t11-/m0/s1. The van der Waals surface area contributed by atoms with Crippen LogP contribution in [0.15, 0.2) is 24.5 Å². The molecule has 1 aliphatic carbocycles. The van der Waals surface area contributed by atoms with Gasteiger partial charge in [0.1, 0.15) is 10.6 Å². The third kappa shape index (κ3) is 2.49. The van der Waals surface area contributed by atoms with Gasteiger partial charge in [0, 0.05) is 36.9 Å². The summed E-state index contributed by atoms with van der Waals surface area (Å²) in [5, 5.41) is 1.26. The van der Waals surface area contributed by atoms with Crippen LogP contribution in [0.1, 0.15) is 23.8 Å². The van der Waals surface area contributed by atoms with E-state index in [4.69, 9.17) is 9.97 Å². The first-order chi connectivity index (χ1) is 11.1. The Balaban J connectivity index is 1.96. The van der Waals surface area contributed by atoms with E-state index in [9.17, 15) is 0 Å². The summed E-state index contributed by atoms with van der Waals surface area (Å²) in [5.41, 5.74) is 2.45. The second-order valence-electron chi connectivity index (χ2n) is 6.54. The van der Waals surface area contributed by atoms with Crippen molar-refractivity contribution in [2.24, 2.45) is 5.92 Å². The van der Waals surface area contributed by atoms with Gasteiger partial charge in [-0.2, -0.15) is 0 Å². The molecule has 4 rings (SSSR count). The molecule has 0 saturated heterocycles. The number of fused-ring (bicyclic) bond motifs is 3. The van der Waals surface area contributed by atoms with Gasteiger partial charge in [0.2, 0.25) is 0 Å². The average molecular weight is 324 g/mol. The number of aryl methyl sites for hydroxylation is 1. The fraction of sp³-hybridized carbons (Fsp3) is 0.389. The quantitative estimate of drug-likeness (QED) is 0.716. The van der Waals surface area contributed by atoms with E-state index in [2.05, 4.69) is 30.9 Å². The molecule has 0 unspecified atom stereocenters. The normalized spacial score (nSPS) is 17.3. The summed E-state index contributed by atoms with van der Waals surface area (Å²) in [6.45, 7) is 2.34. The van der Waals surface area contributed by atoms with Crippen LogP contribution in [-0.2, 0) is 12.8 Å². The maximum atomic E-state index is 4.86. The number of anilines is 1. The molecule has 0 bridgehead atoms. The van der Waals surface area contributed by atoms with Crippen LogP contribution >= 0.6 is 11.3 Å². The zero-order chi connectivity index (χ0) is 16.0. The first-order valence-electron chi connectivity index (χ1n) is 8.03. The van der Waals surface area contributed by atoms with E-state index in [0.29, 0.717) is 0 Å². The van der Waals surface area contributed by atoms with E-state index in [1.165, 1.54) is 28.7 Å². The van der Waals surface area contributed by atoms with Crippen LogP contribution in [0.4, 0.5) is 5.82 Å². The molecule has 0 saturated carbocycles. The van der Waals surface area contributed by atoms with Gasteiger partial charge in [0.25, 0.3) is 0 Å². The first kappa shape index (κ1) is 14.6. The maximum Gasteiger partial charge on any atom is 0.164 e. The highest BCUT2D eigenvalue weighted by atomic mass is 32.1. The molecule has 0 N–H and O–H groups in total. The molecular formula is C18H20N4S. The fourth-order valence-electron chi connectivity index (χ4n) is 3.27. The van der Waals surface area contributed by atoms with Crippen LogP contribution in [0.2, 0.25) is 0 Å². The van der Waals surface area contributed by atoms with Crippen molar-refractivity contribution >= 4 is 27.4 Å². The van der Waals surface area contributed by atoms with Crippen molar-refractivity contribution in [2.75, 3.05) is 19.0 Å². The Morgan fingerprint density at radius 2 is 2.13 bits per heavy atom. The van der Waals surface area contributed by atoms with E-state index in [1.54, 1.807) is 6.20 Å². The van der Waals surface area contributed by atoms with E-state index >= 15 is 0 Å². The average Bonchev–Trinajstić information content (AvgIpc) is 2.91. The number of aromatic nitrogens is 3. The van der Waals surface area contributed by atoms with Gasteiger partial charge in [-0.05, 0) is 42.9 Å². The van der Waals surface area contributed by atoms with Gasteiger partial charge in [-0.1, -0.05) is 6.92 Å². The van der Waals surface area contributed by atoms with Crippen molar-refractivity contribution in [3.8, 4) is 11.4 Å². The highest BCUT2D eigenvalue weighted by Crippen LogP contribution is 2.41. The Kier molecular flexibility index (Phi) is 3.53. The molecule has 0 spiro atoms. The lowest BCUT2D eigenvalue weighted by Gasteiger charge is -2.19. The number of pyridine rings is 1. The minimum atomic E-state index is 0.765. The van der Waals surface area contributed by atoms with E-state index in [0.717, 1.165) is 34.4 Å². The van der Waals surface area contributed by atoms with Crippen LogP contribution < -0.4 is 4.90 Å². The predicted octanol–water partition coefficient (Wildman–Crippen LogP) is 3.94. The number of thiophene rings is 1. The monoisotopic (exact) mass is 324 g/mol. The third-order valence-corrected chi connectivity index (χ3v) is 5.63. The van der Waals surface area contributed by atoms with Gasteiger partial charge < -0.3 is 4.90 Å². The summed E-state index contributed by atoms with van der Waals surface area (Å²) in [5.74, 6) is 2.56. The smallest absolute Gasteiger partial charge is 0.164 e. The van der Waals surface area contributed by atoms with Crippen molar-refractivity contribution in [1.29, 1.82) is 0 Å². The lowest BCUT2D eigenvalue weighted by molar-refractivity contribution is 0.509. The molecule has 118 valence electrons. The van der Waals surface area contributed by atoms with Crippen molar-refractivity contribution in [2.45, 2.75) is 26.2 Å². The predicted molar refractivity (Wildman–Crippen MR) is 96.2 cm³/mol. The zero-order valence-electron chi connectivity index (χ0n) is 13.7. The van der Waals surface area contributed by atoms with E-state index in [-0.39, 0.29) is 0 Å². The van der Waals surface area contributed by atoms with Crippen molar-refractivity contribution in [3.63, 3.8) is 0 Å². The largest absolute Gasteiger partial charge is 0.362 e. The molecule has 1 atom stereocenters. The SMILES string of the molecule is C[C@H]1CCc2c(sc3nc(-c4cccnc4)nc(N(C)C)c23)C1. The molecule has 0 aromatic carbocycles. The highest BCUT2D eigenvalue weighted by Gasteiger charge is 2.24. The second-order valence-corrected chi connectivity index (χ2v) is 7.62. The fourth-order valence-corrected chi connectivity index (χ4v) is 4.65. The van der Waals surface area contributed by atoms with Gasteiger partial charge in [-0.25, -0.2) is 9.97 Å². The van der Waals surface area contributed by atoms with Crippen molar-refractivity contribution < 1.29 is 0 Å². The van der Waals surface area contributed by atoms with Crippen LogP contribution in [0.25, 0.3) is 21.6 Å². The van der Waals surface area contributed by atoms with Gasteiger partial charge in [-0.15, -0.1) is 11.3 Å². The molecule has 0 fully saturated rings. The van der Waals surface area contributed by atoms with E-state index < -0.39 is 0 Å². The second kappa shape index (κ2) is 5.57. The Morgan fingerprint density at radius 1 is 1.26 bits per heavy atom. The molecule has 23 heavy (non-hydrogen) atoms. The highest BCUT2D eigenvalue weighted by molar-refractivity contribution is 7.19. The maximum absolute atomic E-state index is 4.86. The lowest BCUT2D eigenvalue weighted by Crippen LogP contribution is -2.14. The Hall–Kier alpha value is -2.01. The number of nitrogens with zero attached hydrogens (tertiary/aromatic N) is 4. The van der Waals surface area contributed by atoms with Crippen LogP contribution in [0, 0.1) is 5.92 Å². The number of hydrogen-bond donors (Lipinski definition) is 0. The summed E-state index contributed by atoms with van der Waals surface area (Å²) in [6.07, 6.45) is 7.19. The molecule has 3 aromatic rings. The Labute approximate surface area is 140 Å². The summed E-state index contributed by atoms with van der Waals surface area (Å²) in [6, 6.07) is 3.95. The molecule has 0 aliphatic heterocycles. The van der Waals surface area contributed by atoms with Gasteiger partial charge >= 0.3 is 0 Å². The number of rotatable bonds is 2. The lowest BCUT2D eigenvalue weighted by atomic mass is 9.89. The first-order valence-corrected chi connectivity index (χ1v) is 8.85.